The van der Waals surface area contributed by atoms with Crippen LogP contribution in [0, 0.1) is 0 Å². The Labute approximate surface area is 171 Å². The van der Waals surface area contributed by atoms with Crippen molar-refractivity contribution in [3.05, 3.63) is 34.1 Å². The van der Waals surface area contributed by atoms with E-state index < -0.39 is 3.79 Å². The van der Waals surface area contributed by atoms with Crippen molar-refractivity contribution in [3.63, 3.8) is 0 Å². The van der Waals surface area contributed by atoms with Crippen molar-refractivity contribution >= 4 is 64.0 Å². The van der Waals surface area contributed by atoms with Gasteiger partial charge in [0.2, 0.25) is 9.74 Å². The highest BCUT2D eigenvalue weighted by atomic mass is 35.6. The normalized spacial score (nSPS) is 11.8. The molecule has 1 heterocycles. The van der Waals surface area contributed by atoms with Crippen molar-refractivity contribution in [2.75, 3.05) is 32.5 Å². The zero-order chi connectivity index (χ0) is 18.6. The first kappa shape index (κ1) is 20.7. The largest absolute Gasteiger partial charge is 0.354 e. The number of nitrogens with zero attached hydrogens (tertiary/aromatic N) is 4. The van der Waals surface area contributed by atoms with Gasteiger partial charge in [-0.1, -0.05) is 58.0 Å². The van der Waals surface area contributed by atoms with Crippen LogP contribution in [0.2, 0.25) is 10.0 Å². The lowest BCUT2D eigenvalue weighted by Gasteiger charge is -2.14. The Kier molecular flexibility index (Phi) is 7.38. The maximum atomic E-state index is 6.06. The molecule has 1 N–H and O–H groups in total. The van der Waals surface area contributed by atoms with Crippen LogP contribution in [0.15, 0.2) is 18.2 Å². The third-order valence-electron chi connectivity index (χ3n) is 3.13. The summed E-state index contributed by atoms with van der Waals surface area (Å²) in [5.74, 6) is 0.699. The molecule has 0 aliphatic rings. The van der Waals surface area contributed by atoms with Crippen LogP contribution in [-0.4, -0.2) is 47.0 Å². The fourth-order valence-corrected chi connectivity index (χ4v) is 2.49. The summed E-state index contributed by atoms with van der Waals surface area (Å²) in [5, 5.41) is 3.94. The van der Waals surface area contributed by atoms with E-state index in [4.69, 9.17) is 58.0 Å². The molecule has 136 valence electrons. The van der Waals surface area contributed by atoms with E-state index in [2.05, 4.69) is 25.2 Å². The molecule has 5 nitrogen and oxygen atoms in total. The van der Waals surface area contributed by atoms with E-state index in [1.807, 2.05) is 14.1 Å². The molecule has 25 heavy (non-hydrogen) atoms. The highest BCUT2D eigenvalue weighted by molar-refractivity contribution is 6.66. The standard InChI is InChI=1S/C15H16Cl5N5/c1-25(2)7-3-6-21-14-23-12(22-13(24-14)15(18,19)20)9-4-5-10(16)11(17)8-9/h4-5,8H,3,6-7H2,1-2H3,(H,21,22,23,24). The zero-order valence-electron chi connectivity index (χ0n) is 13.5. The number of rotatable bonds is 6. The number of hydrogen-bond acceptors (Lipinski definition) is 5. The molecule has 0 fully saturated rings. The Morgan fingerprint density at radius 1 is 1.04 bits per heavy atom. The number of alkyl halides is 3. The summed E-state index contributed by atoms with van der Waals surface area (Å²) in [4.78, 5) is 14.9. The van der Waals surface area contributed by atoms with Crippen LogP contribution >= 0.6 is 58.0 Å². The molecule has 0 spiro atoms. The van der Waals surface area contributed by atoms with Gasteiger partial charge in [-0.05, 0) is 45.3 Å². The average molecular weight is 444 g/mol. The smallest absolute Gasteiger partial charge is 0.250 e. The van der Waals surface area contributed by atoms with Crippen molar-refractivity contribution in [1.82, 2.24) is 19.9 Å². The summed E-state index contributed by atoms with van der Waals surface area (Å²) in [7, 11) is 4.01. The Morgan fingerprint density at radius 2 is 1.76 bits per heavy atom. The molecule has 0 unspecified atom stereocenters. The highest BCUT2D eigenvalue weighted by Crippen LogP contribution is 2.37. The lowest BCUT2D eigenvalue weighted by molar-refractivity contribution is 0.405. The second-order valence-electron chi connectivity index (χ2n) is 5.52. The summed E-state index contributed by atoms with van der Waals surface area (Å²) >= 11 is 29.8. The van der Waals surface area contributed by atoms with E-state index in [1.54, 1.807) is 18.2 Å². The molecule has 1 aromatic carbocycles. The van der Waals surface area contributed by atoms with Gasteiger partial charge in [0, 0.05) is 12.1 Å². The monoisotopic (exact) mass is 441 g/mol. The van der Waals surface area contributed by atoms with E-state index >= 15 is 0 Å². The molecule has 0 aliphatic heterocycles. The number of halogens is 5. The molecule has 0 amide bonds. The number of benzene rings is 1. The maximum Gasteiger partial charge on any atom is 0.250 e. The minimum absolute atomic E-state index is 0.0312. The fraction of sp³-hybridized carbons (Fsp3) is 0.400. The fourth-order valence-electron chi connectivity index (χ4n) is 1.94. The molecular formula is C15H16Cl5N5. The lowest BCUT2D eigenvalue weighted by Crippen LogP contribution is -2.18. The molecular weight excluding hydrogens is 427 g/mol. The Hall–Kier alpha value is -0.560. The molecule has 10 heteroatoms. The second kappa shape index (κ2) is 8.89. The lowest BCUT2D eigenvalue weighted by atomic mass is 10.2. The number of aromatic nitrogens is 3. The molecule has 2 rings (SSSR count). The SMILES string of the molecule is CN(C)CCCNc1nc(-c2ccc(Cl)c(Cl)c2)nc(C(Cl)(Cl)Cl)n1. The number of anilines is 1. The van der Waals surface area contributed by atoms with Crippen LogP contribution in [0.3, 0.4) is 0 Å². The Bertz CT molecular complexity index is 733. The van der Waals surface area contributed by atoms with Gasteiger partial charge in [-0.15, -0.1) is 0 Å². The maximum absolute atomic E-state index is 6.06. The summed E-state index contributed by atoms with van der Waals surface area (Å²) < 4.78 is -1.77. The van der Waals surface area contributed by atoms with Gasteiger partial charge in [-0.2, -0.15) is 9.97 Å². The molecule has 1 aromatic heterocycles. The van der Waals surface area contributed by atoms with Gasteiger partial charge < -0.3 is 10.2 Å². The third-order valence-corrected chi connectivity index (χ3v) is 4.38. The molecule has 0 radical (unpaired) electrons. The molecule has 0 saturated carbocycles. The minimum atomic E-state index is -1.77. The van der Waals surface area contributed by atoms with Gasteiger partial charge in [0.25, 0.3) is 0 Å². The van der Waals surface area contributed by atoms with Gasteiger partial charge >= 0.3 is 0 Å². The zero-order valence-corrected chi connectivity index (χ0v) is 17.3. The first-order chi connectivity index (χ1) is 11.7. The number of nitrogens with one attached hydrogen (secondary N) is 1. The summed E-state index contributed by atoms with van der Waals surface area (Å²) in [6.07, 6.45) is 0.907. The molecule has 0 aliphatic carbocycles. The topological polar surface area (TPSA) is 53.9 Å². The third kappa shape index (κ3) is 6.27. The van der Waals surface area contributed by atoms with Crippen LogP contribution in [0.4, 0.5) is 5.95 Å². The predicted octanol–water partition coefficient (Wildman–Crippen LogP) is 5.04. The van der Waals surface area contributed by atoms with Gasteiger partial charge in [-0.3, -0.25) is 0 Å². The van der Waals surface area contributed by atoms with Crippen molar-refractivity contribution in [2.24, 2.45) is 0 Å². The molecule has 2 aromatic rings. The Morgan fingerprint density at radius 3 is 2.36 bits per heavy atom. The van der Waals surface area contributed by atoms with Crippen molar-refractivity contribution in [3.8, 4) is 11.4 Å². The van der Waals surface area contributed by atoms with E-state index in [0.717, 1.165) is 13.0 Å². The van der Waals surface area contributed by atoms with Crippen molar-refractivity contribution in [2.45, 2.75) is 10.2 Å². The summed E-state index contributed by atoms with van der Waals surface area (Å²) in [6.45, 7) is 1.59. The van der Waals surface area contributed by atoms with Gasteiger partial charge in [-0.25, -0.2) is 4.98 Å². The highest BCUT2D eigenvalue weighted by Gasteiger charge is 2.28. The van der Waals surface area contributed by atoms with Crippen LogP contribution < -0.4 is 5.32 Å². The first-order valence-electron chi connectivity index (χ1n) is 7.34. The summed E-state index contributed by atoms with van der Waals surface area (Å²) in [6, 6.07) is 5.04. The van der Waals surface area contributed by atoms with E-state index in [1.165, 1.54) is 0 Å². The molecule has 0 saturated heterocycles. The minimum Gasteiger partial charge on any atom is -0.354 e. The predicted molar refractivity (Wildman–Crippen MR) is 106 cm³/mol. The van der Waals surface area contributed by atoms with Crippen LogP contribution in [0.25, 0.3) is 11.4 Å². The second-order valence-corrected chi connectivity index (χ2v) is 8.61. The van der Waals surface area contributed by atoms with Gasteiger partial charge in [0.15, 0.2) is 11.6 Å². The van der Waals surface area contributed by atoms with Crippen LogP contribution in [0.1, 0.15) is 12.2 Å². The van der Waals surface area contributed by atoms with Crippen LogP contribution in [-0.2, 0) is 3.79 Å². The quantitative estimate of drug-likeness (QED) is 0.501. The van der Waals surface area contributed by atoms with Gasteiger partial charge in [0.05, 0.1) is 10.0 Å². The van der Waals surface area contributed by atoms with E-state index in [0.29, 0.717) is 33.9 Å². The number of hydrogen-bond donors (Lipinski definition) is 1. The van der Waals surface area contributed by atoms with Crippen molar-refractivity contribution < 1.29 is 0 Å². The average Bonchev–Trinajstić information content (AvgIpc) is 2.53. The van der Waals surface area contributed by atoms with Crippen molar-refractivity contribution in [1.29, 1.82) is 0 Å². The van der Waals surface area contributed by atoms with E-state index in [9.17, 15) is 0 Å². The molecule has 0 atom stereocenters. The Balaban J connectivity index is 2.32. The van der Waals surface area contributed by atoms with E-state index in [-0.39, 0.29) is 5.82 Å². The summed E-state index contributed by atoms with van der Waals surface area (Å²) in [5.41, 5.74) is 0.642. The first-order valence-corrected chi connectivity index (χ1v) is 9.23. The van der Waals surface area contributed by atoms with Crippen LogP contribution in [0.5, 0.6) is 0 Å². The molecule has 0 bridgehead atoms. The van der Waals surface area contributed by atoms with Gasteiger partial charge in [0.1, 0.15) is 0 Å².